The molecule has 43 heavy (non-hydrogen) atoms. The van der Waals surface area contributed by atoms with Crippen molar-refractivity contribution < 1.29 is 14.7 Å². The van der Waals surface area contributed by atoms with Crippen molar-refractivity contribution in [1.29, 1.82) is 0 Å². The van der Waals surface area contributed by atoms with Gasteiger partial charge >= 0.3 is 5.97 Å². The molecule has 9 atom stereocenters. The summed E-state index contributed by atoms with van der Waals surface area (Å²) in [6.07, 6.45) is 21.2. The van der Waals surface area contributed by atoms with E-state index in [9.17, 15) is 14.7 Å². The molecule has 0 radical (unpaired) electrons. The number of amides is 1. The first kappa shape index (κ1) is 35.4. The van der Waals surface area contributed by atoms with Gasteiger partial charge in [0, 0.05) is 0 Å². The molecule has 0 heterocycles. The lowest BCUT2D eigenvalue weighted by atomic mass is 9.35. The van der Waals surface area contributed by atoms with Gasteiger partial charge in [-0.3, -0.25) is 4.79 Å². The van der Waals surface area contributed by atoms with Gasteiger partial charge in [0.05, 0.1) is 11.0 Å². The maximum Gasteiger partial charge on any atom is 0.335 e. The average molecular weight is 594 g/mol. The van der Waals surface area contributed by atoms with Gasteiger partial charge in [0.25, 0.3) is 0 Å². The number of carboxylic acid groups (broad SMARTS) is 1. The van der Waals surface area contributed by atoms with E-state index in [1.807, 2.05) is 12.2 Å². The van der Waals surface area contributed by atoms with Crippen molar-refractivity contribution in [2.24, 2.45) is 62.9 Å². The molecule has 0 spiro atoms. The normalized spacial score (nSPS) is 41.4. The third kappa shape index (κ3) is 5.63. The molecule has 5 aliphatic carbocycles. The number of carboxylic acids is 1. The van der Waals surface area contributed by atoms with Gasteiger partial charge in [-0.25, -0.2) is 4.79 Å². The van der Waals surface area contributed by atoms with Gasteiger partial charge in [-0.15, -0.1) is 0 Å². The van der Waals surface area contributed by atoms with E-state index in [4.69, 9.17) is 5.73 Å². The molecular weight excluding hydrogens is 530 g/mol. The summed E-state index contributed by atoms with van der Waals surface area (Å²) in [6.45, 7) is 22.2. The van der Waals surface area contributed by atoms with E-state index in [-0.39, 0.29) is 29.7 Å². The number of aliphatic carboxylic acids is 1. The monoisotopic (exact) mass is 593 g/mol. The number of primary amides is 1. The van der Waals surface area contributed by atoms with Crippen molar-refractivity contribution in [3.8, 4) is 0 Å². The van der Waals surface area contributed by atoms with Gasteiger partial charge in [-0.05, 0) is 128 Å². The molecule has 5 saturated carbocycles. The molecule has 0 saturated heterocycles. The van der Waals surface area contributed by atoms with Crippen molar-refractivity contribution in [2.75, 3.05) is 0 Å². The zero-order valence-electron chi connectivity index (χ0n) is 27.5. The largest absolute Gasteiger partial charge is 0.478 e. The molecule has 3 N–H and O–H groups in total. The van der Waals surface area contributed by atoms with Crippen LogP contribution in [0.5, 0.6) is 0 Å². The topological polar surface area (TPSA) is 80.4 Å². The fraction of sp³-hybridized carbons (Fsp3) is 0.744. The summed E-state index contributed by atoms with van der Waals surface area (Å²) in [7, 11) is 0. The molecule has 5 rings (SSSR count). The third-order valence-corrected chi connectivity index (χ3v) is 13.6. The van der Waals surface area contributed by atoms with Crippen molar-refractivity contribution >= 4 is 11.9 Å². The minimum absolute atomic E-state index is 0. The van der Waals surface area contributed by atoms with Gasteiger partial charge in [0.2, 0.25) is 5.91 Å². The second-order valence-corrected chi connectivity index (χ2v) is 15.7. The zero-order valence-corrected chi connectivity index (χ0v) is 27.5. The summed E-state index contributed by atoms with van der Waals surface area (Å²) in [5, 5.41) is 9.45. The zero-order chi connectivity index (χ0) is 31.1. The smallest absolute Gasteiger partial charge is 0.335 e. The van der Waals surface area contributed by atoms with Crippen LogP contribution in [0, 0.1) is 57.2 Å². The van der Waals surface area contributed by atoms with Crippen LogP contribution in [-0.2, 0) is 9.59 Å². The fourth-order valence-electron chi connectivity index (χ4n) is 12.0. The minimum Gasteiger partial charge on any atom is -0.478 e. The molecule has 1 amide bonds. The highest BCUT2D eigenvalue weighted by atomic mass is 16.4. The molecule has 4 heteroatoms. The quantitative estimate of drug-likeness (QED) is 0.237. The summed E-state index contributed by atoms with van der Waals surface area (Å²) in [4.78, 5) is 24.2. The Morgan fingerprint density at radius 2 is 1.47 bits per heavy atom. The highest BCUT2D eigenvalue weighted by molar-refractivity contribution is 5.90. The Balaban J connectivity index is 0.00000121. The van der Waals surface area contributed by atoms with E-state index >= 15 is 0 Å². The molecule has 5 fully saturated rings. The predicted molar refractivity (Wildman–Crippen MR) is 180 cm³/mol. The number of nitrogens with two attached hydrogens (primary N) is 1. The number of hydrogen-bond acceptors (Lipinski definition) is 2. The lowest BCUT2D eigenvalue weighted by Crippen LogP contribution is -2.63. The first-order valence-corrected chi connectivity index (χ1v) is 17.0. The standard InChI is InChI=1S/C35H51NO3.C3H8.CH4/c1-7-22(11-12-23(8-2)30(37)38)25-15-19-34(6)28(32(25,3)4)17-20-33(5)26-16-21-35(31(36)39)18-9-10-27(35)24(26)13-14-29(33)34;1-3-2;/h7-8,11-12,24-29H,1-2,9-10,13-21H2,3-6H3,(H2,36,39)(H,37,38);3H2,1-2H3;1H4/b22-11+,23-12+;;. The Bertz CT molecular complexity index is 1130. The summed E-state index contributed by atoms with van der Waals surface area (Å²) < 4.78 is 0. The Morgan fingerprint density at radius 3 is 2.05 bits per heavy atom. The van der Waals surface area contributed by atoms with Crippen LogP contribution < -0.4 is 5.73 Å². The minimum atomic E-state index is -0.948. The molecule has 0 bridgehead atoms. The van der Waals surface area contributed by atoms with E-state index in [0.717, 1.165) is 24.8 Å². The van der Waals surface area contributed by atoms with Gasteiger partial charge in [-0.2, -0.15) is 0 Å². The first-order valence-electron chi connectivity index (χ1n) is 17.0. The maximum atomic E-state index is 12.7. The Kier molecular flexibility index (Phi) is 10.8. The van der Waals surface area contributed by atoms with Crippen LogP contribution in [0.3, 0.4) is 0 Å². The van der Waals surface area contributed by atoms with Crippen LogP contribution in [0.15, 0.2) is 48.6 Å². The van der Waals surface area contributed by atoms with E-state index in [0.29, 0.717) is 46.3 Å². The van der Waals surface area contributed by atoms with Gasteiger partial charge in [0.15, 0.2) is 0 Å². The predicted octanol–water partition coefficient (Wildman–Crippen LogP) is 9.91. The third-order valence-electron chi connectivity index (χ3n) is 13.6. The number of hydrogen-bond donors (Lipinski definition) is 2. The molecular formula is C39H63NO3. The number of carbonyl (C=O) groups excluding carboxylic acids is 1. The second kappa shape index (κ2) is 13.1. The van der Waals surface area contributed by atoms with Crippen molar-refractivity contribution in [1.82, 2.24) is 0 Å². The highest BCUT2D eigenvalue weighted by Crippen LogP contribution is 2.73. The first-order chi connectivity index (χ1) is 19.8. The lowest BCUT2D eigenvalue weighted by molar-refractivity contribution is -0.202. The molecule has 4 nitrogen and oxygen atoms in total. The van der Waals surface area contributed by atoms with E-state index in [2.05, 4.69) is 54.7 Å². The number of fused-ring (bicyclic) bond motifs is 7. The van der Waals surface area contributed by atoms with Gasteiger partial charge in [-0.1, -0.05) is 93.2 Å². The van der Waals surface area contributed by atoms with Crippen LogP contribution in [-0.4, -0.2) is 17.0 Å². The SMILES string of the molecule is C.C=C/C(=C\C=C(/C=C)C1CCC2(C)C(CCC3(C)C4CCC5(C(N)=O)CCCC5C4CCC32)C1(C)C)C(=O)O.CCC. The van der Waals surface area contributed by atoms with Gasteiger partial charge < -0.3 is 10.8 Å². The summed E-state index contributed by atoms with van der Waals surface area (Å²) >= 11 is 0. The highest BCUT2D eigenvalue weighted by Gasteiger charge is 2.66. The molecule has 0 aromatic heterocycles. The Morgan fingerprint density at radius 1 is 0.814 bits per heavy atom. The van der Waals surface area contributed by atoms with Crippen LogP contribution in [0.4, 0.5) is 0 Å². The Labute approximate surface area is 263 Å². The second-order valence-electron chi connectivity index (χ2n) is 15.7. The average Bonchev–Trinajstić information content (AvgIpc) is 3.38. The summed E-state index contributed by atoms with van der Waals surface area (Å²) in [5.74, 6) is 2.60. The van der Waals surface area contributed by atoms with E-state index < -0.39 is 5.97 Å². The van der Waals surface area contributed by atoms with Crippen molar-refractivity contribution in [2.45, 2.75) is 126 Å². The lowest BCUT2D eigenvalue weighted by Gasteiger charge is -2.69. The number of rotatable bonds is 6. The van der Waals surface area contributed by atoms with Crippen molar-refractivity contribution in [3.63, 3.8) is 0 Å². The molecule has 0 aromatic rings. The Hall–Kier alpha value is -2.10. The number of carbonyl (C=O) groups is 2. The fourth-order valence-corrected chi connectivity index (χ4v) is 12.0. The van der Waals surface area contributed by atoms with Crippen LogP contribution in [0.2, 0.25) is 0 Å². The maximum absolute atomic E-state index is 12.7. The molecule has 242 valence electrons. The van der Waals surface area contributed by atoms with Crippen molar-refractivity contribution in [3.05, 3.63) is 48.6 Å². The summed E-state index contributed by atoms with van der Waals surface area (Å²) in [6, 6.07) is 0. The molecule has 9 unspecified atom stereocenters. The van der Waals surface area contributed by atoms with Crippen LogP contribution in [0.1, 0.15) is 126 Å². The van der Waals surface area contributed by atoms with Gasteiger partial charge in [0.1, 0.15) is 0 Å². The summed E-state index contributed by atoms with van der Waals surface area (Å²) in [5.41, 5.74) is 7.95. The van der Waals surface area contributed by atoms with E-state index in [1.165, 1.54) is 63.9 Å². The molecule has 0 aromatic carbocycles. The molecule has 5 aliphatic rings. The molecule has 0 aliphatic heterocycles. The van der Waals surface area contributed by atoms with Crippen LogP contribution >= 0.6 is 0 Å². The number of allylic oxidation sites excluding steroid dienone is 4. The van der Waals surface area contributed by atoms with E-state index in [1.54, 1.807) is 6.08 Å². The van der Waals surface area contributed by atoms with Crippen LogP contribution in [0.25, 0.3) is 0 Å².